The van der Waals surface area contributed by atoms with Gasteiger partial charge in [0.05, 0.1) is 26.4 Å². The second-order valence-electron chi connectivity index (χ2n) is 3.78. The third-order valence-corrected chi connectivity index (χ3v) is 2.35. The molecule has 6 nitrogen and oxygen atoms in total. The highest BCUT2D eigenvalue weighted by Gasteiger charge is 2.12. The average molecular weight is 283 g/mol. The fourth-order valence-electron chi connectivity index (χ4n) is 1.39. The molecule has 1 aromatic rings. The highest BCUT2D eigenvalue weighted by atomic mass is 17.2. The summed E-state index contributed by atoms with van der Waals surface area (Å²) in [4.78, 5) is 21.0. The van der Waals surface area contributed by atoms with Gasteiger partial charge in [0.15, 0.2) is 18.1 Å². The highest BCUT2D eigenvalue weighted by Crippen LogP contribution is 2.27. The summed E-state index contributed by atoms with van der Waals surface area (Å²) in [5, 5.41) is 0. The summed E-state index contributed by atoms with van der Waals surface area (Å²) < 4.78 is 15.3. The van der Waals surface area contributed by atoms with Gasteiger partial charge >= 0.3 is 5.97 Å². The van der Waals surface area contributed by atoms with Crippen LogP contribution >= 0.6 is 0 Å². The maximum Gasteiger partial charge on any atom is 0.373 e. The second-order valence-corrected chi connectivity index (χ2v) is 3.78. The minimum Gasteiger partial charge on any atom is -0.493 e. The van der Waals surface area contributed by atoms with E-state index >= 15 is 0 Å². The van der Waals surface area contributed by atoms with Gasteiger partial charge in [-0.25, -0.2) is 4.79 Å². The molecule has 0 unspecified atom stereocenters. The third-order valence-electron chi connectivity index (χ3n) is 2.35. The maximum absolute atomic E-state index is 11.7. The van der Waals surface area contributed by atoms with Crippen molar-refractivity contribution in [3.8, 4) is 11.5 Å². The van der Waals surface area contributed by atoms with E-state index in [1.165, 1.54) is 26.9 Å². The minimum absolute atomic E-state index is 0.257. The lowest BCUT2D eigenvalue weighted by atomic mass is 10.2. The van der Waals surface area contributed by atoms with Crippen LogP contribution in [-0.2, 0) is 14.5 Å². The second kappa shape index (κ2) is 9.17. The SMILES string of the molecule is CCCOC[CH]OOC(=O)c1ccc(OC)c(OC)c1. The molecular weight excluding hydrogens is 264 g/mol. The van der Waals surface area contributed by atoms with E-state index in [4.69, 9.17) is 14.2 Å². The molecule has 0 bridgehead atoms. The van der Waals surface area contributed by atoms with Crippen LogP contribution in [0.15, 0.2) is 18.2 Å². The van der Waals surface area contributed by atoms with Gasteiger partial charge in [-0.2, -0.15) is 4.89 Å². The van der Waals surface area contributed by atoms with Gasteiger partial charge in [0.2, 0.25) is 0 Å². The van der Waals surface area contributed by atoms with Gasteiger partial charge in [0.1, 0.15) is 0 Å². The Bertz CT molecular complexity index is 418. The number of hydrogen-bond acceptors (Lipinski definition) is 6. The van der Waals surface area contributed by atoms with E-state index in [1.807, 2.05) is 6.92 Å². The summed E-state index contributed by atoms with van der Waals surface area (Å²) in [5.41, 5.74) is 0.297. The molecule has 0 saturated heterocycles. The number of carbonyl (C=O) groups is 1. The topological polar surface area (TPSA) is 63.2 Å². The molecule has 1 radical (unpaired) electrons. The summed E-state index contributed by atoms with van der Waals surface area (Å²) in [5.74, 6) is 0.347. The first kappa shape index (κ1) is 16.3. The van der Waals surface area contributed by atoms with Gasteiger partial charge in [-0.15, -0.1) is 0 Å². The normalized spacial score (nSPS) is 10.2. The van der Waals surface area contributed by atoms with Crippen LogP contribution in [0.2, 0.25) is 0 Å². The number of hydrogen-bond donors (Lipinski definition) is 0. The largest absolute Gasteiger partial charge is 0.493 e. The smallest absolute Gasteiger partial charge is 0.373 e. The predicted molar refractivity (Wildman–Crippen MR) is 71.5 cm³/mol. The standard InChI is InChI=1S/C14H19O6/c1-4-7-18-8-9-19-20-14(15)11-5-6-12(16-2)13(10-11)17-3/h5-6,9-10H,4,7-8H2,1-3H3. The number of methoxy groups -OCH3 is 2. The Morgan fingerprint density at radius 1 is 1.20 bits per heavy atom. The van der Waals surface area contributed by atoms with E-state index < -0.39 is 5.97 Å². The molecule has 6 heteroatoms. The van der Waals surface area contributed by atoms with Gasteiger partial charge in [0, 0.05) is 6.61 Å². The van der Waals surface area contributed by atoms with Crippen molar-refractivity contribution < 1.29 is 28.8 Å². The molecule has 1 aromatic carbocycles. The van der Waals surface area contributed by atoms with Crippen molar-refractivity contribution in [1.82, 2.24) is 0 Å². The van der Waals surface area contributed by atoms with Crippen molar-refractivity contribution in [2.75, 3.05) is 27.4 Å². The summed E-state index contributed by atoms with van der Waals surface area (Å²) in [7, 11) is 3.01. The highest BCUT2D eigenvalue weighted by molar-refractivity contribution is 5.89. The molecule has 0 heterocycles. The Morgan fingerprint density at radius 2 is 1.95 bits per heavy atom. The summed E-state index contributed by atoms with van der Waals surface area (Å²) in [6.45, 7) is 4.16. The monoisotopic (exact) mass is 283 g/mol. The average Bonchev–Trinajstić information content (AvgIpc) is 2.49. The molecule has 0 aliphatic carbocycles. The number of rotatable bonds is 9. The summed E-state index contributed by atoms with van der Waals surface area (Å²) >= 11 is 0. The quantitative estimate of drug-likeness (QED) is 0.394. The van der Waals surface area contributed by atoms with E-state index in [-0.39, 0.29) is 6.61 Å². The predicted octanol–water partition coefficient (Wildman–Crippen LogP) is 2.38. The Kier molecular flexibility index (Phi) is 7.46. The zero-order valence-electron chi connectivity index (χ0n) is 11.9. The lowest BCUT2D eigenvalue weighted by Gasteiger charge is -2.08. The van der Waals surface area contributed by atoms with Crippen molar-refractivity contribution in [2.45, 2.75) is 13.3 Å². The van der Waals surface area contributed by atoms with Crippen molar-refractivity contribution in [3.63, 3.8) is 0 Å². The van der Waals surface area contributed by atoms with Crippen molar-refractivity contribution in [1.29, 1.82) is 0 Å². The van der Waals surface area contributed by atoms with Crippen LogP contribution in [0, 0.1) is 6.61 Å². The van der Waals surface area contributed by atoms with Crippen LogP contribution in [0.1, 0.15) is 23.7 Å². The zero-order chi connectivity index (χ0) is 14.8. The molecule has 0 aromatic heterocycles. The molecule has 0 atom stereocenters. The first-order chi connectivity index (χ1) is 9.72. The van der Waals surface area contributed by atoms with Crippen LogP contribution in [0.5, 0.6) is 11.5 Å². The molecule has 0 saturated carbocycles. The molecule has 20 heavy (non-hydrogen) atoms. The molecule has 0 aliphatic rings. The van der Waals surface area contributed by atoms with Crippen LogP contribution in [0.3, 0.4) is 0 Å². The van der Waals surface area contributed by atoms with Crippen molar-refractivity contribution >= 4 is 5.97 Å². The molecule has 0 fully saturated rings. The molecule has 0 N–H and O–H groups in total. The number of carbonyl (C=O) groups excluding carboxylic acids is 1. The lowest BCUT2D eigenvalue weighted by Crippen LogP contribution is -2.07. The van der Waals surface area contributed by atoms with Crippen molar-refractivity contribution in [3.05, 3.63) is 30.4 Å². The van der Waals surface area contributed by atoms with Gasteiger partial charge in [0.25, 0.3) is 0 Å². The molecule has 1 rings (SSSR count). The number of ether oxygens (including phenoxy) is 3. The van der Waals surface area contributed by atoms with E-state index in [1.54, 1.807) is 12.1 Å². The fourth-order valence-corrected chi connectivity index (χ4v) is 1.39. The Labute approximate surface area is 118 Å². The van der Waals surface area contributed by atoms with Gasteiger partial charge in [-0.1, -0.05) is 6.92 Å². The lowest BCUT2D eigenvalue weighted by molar-refractivity contribution is -0.218. The van der Waals surface area contributed by atoms with Crippen LogP contribution in [0.25, 0.3) is 0 Å². The molecule has 0 aliphatic heterocycles. The number of benzene rings is 1. The third kappa shape index (κ3) is 5.07. The fraction of sp³-hybridized carbons (Fsp3) is 0.429. The molecular formula is C14H19O6. The van der Waals surface area contributed by atoms with E-state index in [0.717, 1.165) is 6.42 Å². The Hall–Kier alpha value is -1.79. The van der Waals surface area contributed by atoms with Crippen LogP contribution in [0.4, 0.5) is 0 Å². The van der Waals surface area contributed by atoms with Crippen LogP contribution < -0.4 is 9.47 Å². The van der Waals surface area contributed by atoms with Gasteiger partial charge in [-0.3, -0.25) is 4.89 Å². The Balaban J connectivity index is 2.43. The maximum atomic E-state index is 11.7. The minimum atomic E-state index is -0.627. The van der Waals surface area contributed by atoms with Gasteiger partial charge < -0.3 is 14.2 Å². The van der Waals surface area contributed by atoms with Gasteiger partial charge in [-0.05, 0) is 24.6 Å². The molecule has 111 valence electrons. The molecule has 0 amide bonds. The zero-order valence-corrected chi connectivity index (χ0v) is 11.9. The summed E-state index contributed by atoms with van der Waals surface area (Å²) in [6.07, 6.45) is 0.916. The first-order valence-corrected chi connectivity index (χ1v) is 6.22. The first-order valence-electron chi connectivity index (χ1n) is 6.22. The molecule has 0 spiro atoms. The van der Waals surface area contributed by atoms with Crippen molar-refractivity contribution in [2.24, 2.45) is 0 Å². The van der Waals surface area contributed by atoms with E-state index in [9.17, 15) is 4.79 Å². The Morgan fingerprint density at radius 3 is 2.60 bits per heavy atom. The summed E-state index contributed by atoms with van der Waals surface area (Å²) in [6, 6.07) is 4.68. The van der Waals surface area contributed by atoms with E-state index in [2.05, 4.69) is 9.78 Å². The van der Waals surface area contributed by atoms with Crippen LogP contribution in [-0.4, -0.2) is 33.4 Å². The van der Waals surface area contributed by atoms with E-state index in [0.29, 0.717) is 23.7 Å².